The molecule has 4 aromatic rings. The molecule has 0 atom stereocenters. The van der Waals surface area contributed by atoms with Crippen molar-refractivity contribution in [3.8, 4) is 5.69 Å². The Labute approximate surface area is 144 Å². The Kier molecular flexibility index (Phi) is 3.66. The maximum atomic E-state index is 12.7. The van der Waals surface area contributed by atoms with Gasteiger partial charge in [-0.05, 0) is 24.3 Å². The lowest BCUT2D eigenvalue weighted by Crippen LogP contribution is -2.09. The predicted molar refractivity (Wildman–Crippen MR) is 93.6 cm³/mol. The number of carbonyl (C=O) groups is 1. The molecule has 0 aliphatic carbocycles. The maximum Gasteiger partial charge on any atom is 0.228 e. The van der Waals surface area contributed by atoms with E-state index in [1.54, 1.807) is 36.1 Å². The van der Waals surface area contributed by atoms with E-state index in [9.17, 15) is 9.90 Å². The van der Waals surface area contributed by atoms with E-state index in [0.29, 0.717) is 17.2 Å². The van der Waals surface area contributed by atoms with Gasteiger partial charge in [0.15, 0.2) is 5.82 Å². The fraction of sp³-hybridized carbons (Fsp3) is 0.105. The number of rotatable bonds is 4. The second-order valence-corrected chi connectivity index (χ2v) is 5.75. The third-order valence-corrected chi connectivity index (χ3v) is 4.16. The largest absolute Gasteiger partial charge is 0.388 e. The number of ketones is 1. The van der Waals surface area contributed by atoms with Gasteiger partial charge in [-0.25, -0.2) is 9.97 Å². The number of para-hydroxylation sites is 2. The van der Waals surface area contributed by atoms with Crippen molar-refractivity contribution in [1.82, 2.24) is 19.1 Å². The number of aromatic nitrogens is 4. The molecule has 124 valence electrons. The quantitative estimate of drug-likeness (QED) is 0.583. The van der Waals surface area contributed by atoms with Gasteiger partial charge in [0.2, 0.25) is 5.78 Å². The molecular formula is C19H16N4O2. The molecule has 0 bridgehead atoms. The van der Waals surface area contributed by atoms with E-state index in [2.05, 4.69) is 9.97 Å². The highest BCUT2D eigenvalue weighted by atomic mass is 16.3. The van der Waals surface area contributed by atoms with Crippen LogP contribution in [0, 0.1) is 0 Å². The Balaban J connectivity index is 1.86. The summed E-state index contributed by atoms with van der Waals surface area (Å²) >= 11 is 0. The summed E-state index contributed by atoms with van der Waals surface area (Å²) in [5.74, 6) is 0.766. The van der Waals surface area contributed by atoms with Crippen LogP contribution in [-0.4, -0.2) is 30.0 Å². The molecule has 0 spiro atoms. The van der Waals surface area contributed by atoms with E-state index in [1.807, 2.05) is 41.0 Å². The molecule has 2 aromatic carbocycles. The molecule has 6 nitrogen and oxygen atoms in total. The highest BCUT2D eigenvalue weighted by Gasteiger charge is 2.16. The SMILES string of the molecule is Cn1ccnc1C(=O)c1cccc(-n2c(CO)nc3ccccc32)c1. The lowest BCUT2D eigenvalue weighted by molar-refractivity contribution is 0.102. The number of benzene rings is 2. The Bertz CT molecular complexity index is 1080. The fourth-order valence-electron chi connectivity index (χ4n) is 2.97. The van der Waals surface area contributed by atoms with Crippen LogP contribution in [0.25, 0.3) is 16.7 Å². The minimum atomic E-state index is -0.188. The molecule has 0 radical (unpaired) electrons. The molecule has 0 aliphatic heterocycles. The molecule has 0 saturated carbocycles. The third kappa shape index (κ3) is 2.53. The number of imidazole rings is 2. The van der Waals surface area contributed by atoms with Crippen LogP contribution in [0.2, 0.25) is 0 Å². The van der Waals surface area contributed by atoms with Gasteiger partial charge in [-0.1, -0.05) is 24.3 Å². The Morgan fingerprint density at radius 2 is 2.00 bits per heavy atom. The molecule has 0 aliphatic rings. The summed E-state index contributed by atoms with van der Waals surface area (Å²) < 4.78 is 3.56. The maximum absolute atomic E-state index is 12.7. The number of aliphatic hydroxyl groups is 1. The van der Waals surface area contributed by atoms with E-state index in [-0.39, 0.29) is 12.4 Å². The minimum Gasteiger partial charge on any atom is -0.388 e. The second kappa shape index (κ2) is 5.99. The normalized spacial score (nSPS) is 11.1. The van der Waals surface area contributed by atoms with Crippen LogP contribution >= 0.6 is 0 Å². The second-order valence-electron chi connectivity index (χ2n) is 5.75. The van der Waals surface area contributed by atoms with Crippen molar-refractivity contribution in [2.45, 2.75) is 6.61 Å². The fourth-order valence-corrected chi connectivity index (χ4v) is 2.97. The van der Waals surface area contributed by atoms with Crippen LogP contribution in [0.15, 0.2) is 60.9 Å². The number of hydrogen-bond acceptors (Lipinski definition) is 4. The van der Waals surface area contributed by atoms with Crippen LogP contribution in [0.3, 0.4) is 0 Å². The van der Waals surface area contributed by atoms with E-state index >= 15 is 0 Å². The molecule has 6 heteroatoms. The first-order valence-corrected chi connectivity index (χ1v) is 7.88. The summed E-state index contributed by atoms with van der Waals surface area (Å²) in [6.07, 6.45) is 3.34. The van der Waals surface area contributed by atoms with Crippen molar-refractivity contribution in [2.75, 3.05) is 0 Å². The molecule has 2 aromatic heterocycles. The van der Waals surface area contributed by atoms with Gasteiger partial charge in [0.25, 0.3) is 0 Å². The molecular weight excluding hydrogens is 316 g/mol. The van der Waals surface area contributed by atoms with Crippen molar-refractivity contribution in [3.63, 3.8) is 0 Å². The number of hydrogen-bond donors (Lipinski definition) is 1. The van der Waals surface area contributed by atoms with E-state index in [1.165, 1.54) is 0 Å². The summed E-state index contributed by atoms with van der Waals surface area (Å²) in [5.41, 5.74) is 2.99. The highest BCUT2D eigenvalue weighted by Crippen LogP contribution is 2.23. The van der Waals surface area contributed by atoms with Gasteiger partial charge in [0, 0.05) is 30.7 Å². The van der Waals surface area contributed by atoms with Gasteiger partial charge in [-0.2, -0.15) is 0 Å². The molecule has 1 N–H and O–H groups in total. The molecule has 0 fully saturated rings. The first kappa shape index (κ1) is 15.3. The Hall–Kier alpha value is -3.25. The average Bonchev–Trinajstić information content (AvgIpc) is 3.24. The molecule has 25 heavy (non-hydrogen) atoms. The first-order chi connectivity index (χ1) is 12.2. The predicted octanol–water partition coefficient (Wildman–Crippen LogP) is 2.48. The van der Waals surface area contributed by atoms with Gasteiger partial charge < -0.3 is 9.67 Å². The summed E-state index contributed by atoms with van der Waals surface area (Å²) in [4.78, 5) is 21.3. The topological polar surface area (TPSA) is 72.9 Å². The molecule has 4 rings (SSSR count). The van der Waals surface area contributed by atoms with Gasteiger partial charge in [-0.3, -0.25) is 9.36 Å². The number of aliphatic hydroxyl groups excluding tert-OH is 1. The van der Waals surface area contributed by atoms with Crippen LogP contribution < -0.4 is 0 Å². The summed E-state index contributed by atoms with van der Waals surface area (Å²) in [7, 11) is 1.79. The van der Waals surface area contributed by atoms with Gasteiger partial charge in [0.1, 0.15) is 12.4 Å². The zero-order chi connectivity index (χ0) is 17.4. The molecule has 0 unspecified atom stereocenters. The van der Waals surface area contributed by atoms with E-state index in [0.717, 1.165) is 16.7 Å². The van der Waals surface area contributed by atoms with Crippen molar-refractivity contribution in [2.24, 2.45) is 7.05 Å². The lowest BCUT2D eigenvalue weighted by atomic mass is 10.1. The van der Waals surface area contributed by atoms with Gasteiger partial charge in [0.05, 0.1) is 11.0 Å². The van der Waals surface area contributed by atoms with E-state index in [4.69, 9.17) is 0 Å². The van der Waals surface area contributed by atoms with Crippen LogP contribution in [0.5, 0.6) is 0 Å². The number of fused-ring (bicyclic) bond motifs is 1. The van der Waals surface area contributed by atoms with Crippen LogP contribution in [0.1, 0.15) is 22.0 Å². The van der Waals surface area contributed by atoms with Gasteiger partial charge >= 0.3 is 0 Å². The lowest BCUT2D eigenvalue weighted by Gasteiger charge is -2.10. The van der Waals surface area contributed by atoms with Crippen molar-refractivity contribution < 1.29 is 9.90 Å². The summed E-state index contributed by atoms with van der Waals surface area (Å²) in [6, 6.07) is 14.9. The van der Waals surface area contributed by atoms with Crippen molar-refractivity contribution in [1.29, 1.82) is 0 Å². The van der Waals surface area contributed by atoms with Crippen LogP contribution in [0.4, 0.5) is 0 Å². The van der Waals surface area contributed by atoms with Crippen molar-refractivity contribution in [3.05, 3.63) is 78.1 Å². The number of carbonyl (C=O) groups excluding carboxylic acids is 1. The molecule has 2 heterocycles. The first-order valence-electron chi connectivity index (χ1n) is 7.88. The molecule has 0 saturated heterocycles. The van der Waals surface area contributed by atoms with Crippen LogP contribution in [-0.2, 0) is 13.7 Å². The highest BCUT2D eigenvalue weighted by molar-refractivity contribution is 6.07. The summed E-state index contributed by atoms with van der Waals surface area (Å²) in [5, 5.41) is 9.68. The third-order valence-electron chi connectivity index (χ3n) is 4.16. The minimum absolute atomic E-state index is 0.149. The summed E-state index contributed by atoms with van der Waals surface area (Å²) in [6.45, 7) is -0.188. The molecule has 0 amide bonds. The zero-order valence-electron chi connectivity index (χ0n) is 13.6. The number of nitrogens with zero attached hydrogens (tertiary/aromatic N) is 4. The standard InChI is InChI=1S/C19H16N4O2/c1-22-10-9-20-19(22)18(25)13-5-4-6-14(11-13)23-16-8-3-2-7-15(16)21-17(23)12-24/h2-11,24H,12H2,1H3. The Morgan fingerprint density at radius 3 is 2.76 bits per heavy atom. The van der Waals surface area contributed by atoms with Gasteiger partial charge in [-0.15, -0.1) is 0 Å². The zero-order valence-corrected chi connectivity index (χ0v) is 13.6. The van der Waals surface area contributed by atoms with E-state index < -0.39 is 0 Å². The van der Waals surface area contributed by atoms with Crippen molar-refractivity contribution >= 4 is 16.8 Å². The number of aryl methyl sites for hydroxylation is 1. The monoisotopic (exact) mass is 332 g/mol. The Morgan fingerprint density at radius 1 is 1.16 bits per heavy atom. The average molecular weight is 332 g/mol. The smallest absolute Gasteiger partial charge is 0.228 e.